The second kappa shape index (κ2) is 2.96. The molecule has 4 heteroatoms. The van der Waals surface area contributed by atoms with Crippen molar-refractivity contribution in [2.75, 3.05) is 7.11 Å². The number of hydrogen-bond donors (Lipinski definition) is 1. The van der Waals surface area contributed by atoms with Gasteiger partial charge in [-0.1, -0.05) is 0 Å². The van der Waals surface area contributed by atoms with Crippen LogP contribution in [0.15, 0.2) is 23.4 Å². The van der Waals surface area contributed by atoms with Gasteiger partial charge in [0.15, 0.2) is 5.16 Å². The smallest absolute Gasteiger partial charge is 0.165 e. The fourth-order valence-corrected chi connectivity index (χ4v) is 1.51. The largest absolute Gasteiger partial charge is 0.497 e. The van der Waals surface area contributed by atoms with Crippen molar-refractivity contribution in [3.05, 3.63) is 18.2 Å². The van der Waals surface area contributed by atoms with Crippen molar-refractivity contribution < 1.29 is 4.74 Å². The first-order valence-electron chi connectivity index (χ1n) is 3.92. The van der Waals surface area contributed by atoms with Gasteiger partial charge in [-0.15, -0.1) is 12.6 Å². The van der Waals surface area contributed by atoms with Gasteiger partial charge in [0.25, 0.3) is 0 Å². The van der Waals surface area contributed by atoms with Crippen LogP contribution in [0.2, 0.25) is 0 Å². The minimum Gasteiger partial charge on any atom is -0.497 e. The minimum absolute atomic E-state index is 0.711. The quantitative estimate of drug-likeness (QED) is 0.702. The molecule has 0 fully saturated rings. The Morgan fingerprint density at radius 1 is 1.46 bits per heavy atom. The van der Waals surface area contributed by atoms with Crippen LogP contribution < -0.4 is 4.74 Å². The van der Waals surface area contributed by atoms with Crippen molar-refractivity contribution in [1.82, 2.24) is 9.55 Å². The molecule has 0 atom stereocenters. The maximum Gasteiger partial charge on any atom is 0.165 e. The van der Waals surface area contributed by atoms with E-state index in [0.717, 1.165) is 16.8 Å². The molecule has 2 rings (SSSR count). The number of thiol groups is 1. The van der Waals surface area contributed by atoms with Gasteiger partial charge in [0.05, 0.1) is 18.1 Å². The van der Waals surface area contributed by atoms with Gasteiger partial charge in [-0.3, -0.25) is 0 Å². The number of methoxy groups -OCH3 is 1. The van der Waals surface area contributed by atoms with Crippen molar-refractivity contribution in [2.45, 2.75) is 5.16 Å². The third-order valence-corrected chi connectivity index (χ3v) is 2.46. The highest BCUT2D eigenvalue weighted by Gasteiger charge is 2.04. The molecular formula is C9H10N2OS. The van der Waals surface area contributed by atoms with Gasteiger partial charge >= 0.3 is 0 Å². The maximum atomic E-state index is 5.10. The summed E-state index contributed by atoms with van der Waals surface area (Å²) in [5, 5.41) is 0.711. The predicted molar refractivity (Wildman–Crippen MR) is 54.5 cm³/mol. The highest BCUT2D eigenvalue weighted by atomic mass is 32.1. The van der Waals surface area contributed by atoms with Crippen LogP contribution >= 0.6 is 12.6 Å². The van der Waals surface area contributed by atoms with E-state index in [1.807, 2.05) is 29.8 Å². The third kappa shape index (κ3) is 1.27. The molecule has 1 aromatic heterocycles. The third-order valence-electron chi connectivity index (χ3n) is 2.06. The normalized spacial score (nSPS) is 10.7. The van der Waals surface area contributed by atoms with Crippen molar-refractivity contribution in [3.63, 3.8) is 0 Å². The highest BCUT2D eigenvalue weighted by Crippen LogP contribution is 2.21. The Labute approximate surface area is 81.8 Å². The second-order valence-electron chi connectivity index (χ2n) is 2.83. The van der Waals surface area contributed by atoms with E-state index in [1.54, 1.807) is 7.11 Å². The topological polar surface area (TPSA) is 27.1 Å². The SMILES string of the molecule is COc1ccc2c(c1)nc(S)n2C. The van der Waals surface area contributed by atoms with Gasteiger partial charge in [0.1, 0.15) is 5.75 Å². The zero-order valence-corrected chi connectivity index (χ0v) is 8.38. The molecule has 0 aliphatic carbocycles. The molecule has 13 heavy (non-hydrogen) atoms. The predicted octanol–water partition coefficient (Wildman–Crippen LogP) is 1.87. The van der Waals surface area contributed by atoms with E-state index < -0.39 is 0 Å². The molecule has 0 amide bonds. The zero-order chi connectivity index (χ0) is 9.42. The van der Waals surface area contributed by atoms with E-state index in [9.17, 15) is 0 Å². The summed E-state index contributed by atoms with van der Waals surface area (Å²) in [5.41, 5.74) is 1.97. The first kappa shape index (κ1) is 8.44. The molecule has 1 aromatic carbocycles. The molecule has 0 unspecified atom stereocenters. The fraction of sp³-hybridized carbons (Fsp3) is 0.222. The average Bonchev–Trinajstić information content (AvgIpc) is 2.42. The molecule has 68 valence electrons. The van der Waals surface area contributed by atoms with Crippen molar-refractivity contribution in [2.24, 2.45) is 7.05 Å². The summed E-state index contributed by atoms with van der Waals surface area (Å²) in [6.45, 7) is 0. The molecule has 0 aliphatic rings. The Balaban J connectivity index is 2.73. The molecule has 3 nitrogen and oxygen atoms in total. The monoisotopic (exact) mass is 194 g/mol. The van der Waals surface area contributed by atoms with Gasteiger partial charge in [-0.25, -0.2) is 4.98 Å². The summed E-state index contributed by atoms with van der Waals surface area (Å²) in [6, 6.07) is 5.78. The van der Waals surface area contributed by atoms with Crippen LogP contribution in [0.3, 0.4) is 0 Å². The summed E-state index contributed by atoms with van der Waals surface area (Å²) in [4.78, 5) is 4.27. The van der Waals surface area contributed by atoms with E-state index in [2.05, 4.69) is 17.6 Å². The molecule has 0 bridgehead atoms. The lowest BCUT2D eigenvalue weighted by molar-refractivity contribution is 0.415. The lowest BCUT2D eigenvalue weighted by Crippen LogP contribution is -1.87. The van der Waals surface area contributed by atoms with E-state index in [4.69, 9.17) is 4.74 Å². The summed E-state index contributed by atoms with van der Waals surface area (Å²) in [6.07, 6.45) is 0. The molecule has 0 aliphatic heterocycles. The summed E-state index contributed by atoms with van der Waals surface area (Å²) in [5.74, 6) is 0.818. The van der Waals surface area contributed by atoms with Crippen LogP contribution in [-0.2, 0) is 7.05 Å². The molecule has 2 aromatic rings. The van der Waals surface area contributed by atoms with Gasteiger partial charge in [-0.05, 0) is 12.1 Å². The van der Waals surface area contributed by atoms with Gasteiger partial charge in [-0.2, -0.15) is 0 Å². The number of benzene rings is 1. The number of nitrogens with zero attached hydrogens (tertiary/aromatic N) is 2. The number of rotatable bonds is 1. The Hall–Kier alpha value is -1.16. The highest BCUT2D eigenvalue weighted by molar-refractivity contribution is 7.80. The lowest BCUT2D eigenvalue weighted by atomic mass is 10.3. The van der Waals surface area contributed by atoms with E-state index >= 15 is 0 Å². The number of aryl methyl sites for hydroxylation is 1. The van der Waals surface area contributed by atoms with Crippen molar-refractivity contribution >= 4 is 23.7 Å². The lowest BCUT2D eigenvalue weighted by Gasteiger charge is -1.98. The number of ether oxygens (including phenoxy) is 1. The van der Waals surface area contributed by atoms with Gasteiger partial charge in [0, 0.05) is 13.1 Å². The summed E-state index contributed by atoms with van der Waals surface area (Å²) < 4.78 is 7.03. The Morgan fingerprint density at radius 3 is 2.92 bits per heavy atom. The average molecular weight is 194 g/mol. The standard InChI is InChI=1S/C9H10N2OS/c1-11-8-4-3-6(12-2)5-7(8)10-9(11)13/h3-5H,1-2H3,(H,10,13). The second-order valence-corrected chi connectivity index (χ2v) is 3.23. The Kier molecular flexibility index (Phi) is 1.92. The van der Waals surface area contributed by atoms with Crippen LogP contribution in [0, 0.1) is 0 Å². The minimum atomic E-state index is 0.711. The number of hydrogen-bond acceptors (Lipinski definition) is 3. The van der Waals surface area contributed by atoms with Gasteiger partial charge < -0.3 is 9.30 Å². The van der Waals surface area contributed by atoms with Crippen LogP contribution in [0.1, 0.15) is 0 Å². The Bertz CT molecular complexity index is 450. The maximum absolute atomic E-state index is 5.10. The van der Waals surface area contributed by atoms with Crippen LogP contribution in [-0.4, -0.2) is 16.7 Å². The molecule has 0 saturated carbocycles. The first-order chi connectivity index (χ1) is 6.22. The summed E-state index contributed by atoms with van der Waals surface area (Å²) >= 11 is 4.23. The van der Waals surface area contributed by atoms with Gasteiger partial charge in [0.2, 0.25) is 0 Å². The van der Waals surface area contributed by atoms with E-state index in [-0.39, 0.29) is 0 Å². The molecule has 0 N–H and O–H groups in total. The van der Waals surface area contributed by atoms with Crippen molar-refractivity contribution in [3.8, 4) is 5.75 Å². The summed E-state index contributed by atoms with van der Waals surface area (Å²) in [7, 11) is 3.58. The van der Waals surface area contributed by atoms with Crippen molar-refractivity contribution in [1.29, 1.82) is 0 Å². The zero-order valence-electron chi connectivity index (χ0n) is 7.48. The molecule has 0 spiro atoms. The molecule has 0 radical (unpaired) electrons. The van der Waals surface area contributed by atoms with Crippen LogP contribution in [0.25, 0.3) is 11.0 Å². The molecular weight excluding hydrogens is 184 g/mol. The fourth-order valence-electron chi connectivity index (χ4n) is 1.29. The van der Waals surface area contributed by atoms with E-state index in [1.165, 1.54) is 0 Å². The van der Waals surface area contributed by atoms with E-state index in [0.29, 0.717) is 5.16 Å². The van der Waals surface area contributed by atoms with Crippen LogP contribution in [0.5, 0.6) is 5.75 Å². The Morgan fingerprint density at radius 2 is 2.23 bits per heavy atom. The first-order valence-corrected chi connectivity index (χ1v) is 4.36. The number of fused-ring (bicyclic) bond motifs is 1. The van der Waals surface area contributed by atoms with Crippen LogP contribution in [0.4, 0.5) is 0 Å². The molecule has 1 heterocycles. The number of aromatic nitrogens is 2. The number of imidazole rings is 1. The molecule has 0 saturated heterocycles.